The van der Waals surface area contributed by atoms with E-state index in [4.69, 9.17) is 9.47 Å². The van der Waals surface area contributed by atoms with Crippen LogP contribution in [0.1, 0.15) is 0 Å². The van der Waals surface area contributed by atoms with Gasteiger partial charge in [-0.3, -0.25) is 0 Å². The number of hydrogen-bond donors (Lipinski definition) is 0. The van der Waals surface area contributed by atoms with E-state index in [1.54, 1.807) is 0 Å². The Hall–Kier alpha value is -7.76. The van der Waals surface area contributed by atoms with E-state index in [1.165, 1.54) is 32.6 Å². The van der Waals surface area contributed by atoms with Gasteiger partial charge in [0.15, 0.2) is 0 Å². The van der Waals surface area contributed by atoms with Crippen LogP contribution in [-0.4, -0.2) is 15.8 Å². The zero-order chi connectivity index (χ0) is 38.6. The lowest BCUT2D eigenvalue weighted by Crippen LogP contribution is -2.57. The van der Waals surface area contributed by atoms with E-state index in [9.17, 15) is 0 Å². The van der Waals surface area contributed by atoms with Crippen LogP contribution in [0.4, 0.5) is 0 Å². The van der Waals surface area contributed by atoms with Crippen LogP contribution in [-0.2, 0) is 0 Å². The fourth-order valence-corrected chi connectivity index (χ4v) is 9.89. The highest BCUT2D eigenvalue weighted by Gasteiger charge is 2.42. The van der Waals surface area contributed by atoms with Crippen LogP contribution < -0.4 is 25.9 Å². The van der Waals surface area contributed by atoms with Gasteiger partial charge in [0.2, 0.25) is 0 Å². The third-order valence-corrected chi connectivity index (χ3v) is 12.4. The molecule has 11 aromatic rings. The zero-order valence-electron chi connectivity index (χ0n) is 31.8. The van der Waals surface area contributed by atoms with Gasteiger partial charge in [0.25, 0.3) is 6.71 Å². The van der Waals surface area contributed by atoms with Crippen LogP contribution in [0.2, 0.25) is 0 Å². The maximum Gasteiger partial charge on any atom is 0.260 e. The van der Waals surface area contributed by atoms with Crippen molar-refractivity contribution in [1.82, 2.24) is 9.13 Å². The molecule has 5 heteroatoms. The second-order valence-electron chi connectivity index (χ2n) is 15.6. The van der Waals surface area contributed by atoms with E-state index < -0.39 is 0 Å². The summed E-state index contributed by atoms with van der Waals surface area (Å²) in [5.74, 6) is 3.41. The summed E-state index contributed by atoms with van der Waals surface area (Å²) < 4.78 is 19.0. The minimum absolute atomic E-state index is 0.0763. The molecule has 0 radical (unpaired) electrons. The second-order valence-corrected chi connectivity index (χ2v) is 15.6. The molecular weight excluding hydrogens is 719 g/mol. The van der Waals surface area contributed by atoms with Crippen molar-refractivity contribution in [3.8, 4) is 56.6 Å². The average molecular weight is 753 g/mol. The van der Waals surface area contributed by atoms with Crippen molar-refractivity contribution in [2.75, 3.05) is 0 Å². The molecule has 0 amide bonds. The molecule has 0 aliphatic carbocycles. The Kier molecular flexibility index (Phi) is 6.78. The smallest absolute Gasteiger partial charge is 0.260 e. The van der Waals surface area contributed by atoms with Gasteiger partial charge in [-0.1, -0.05) is 133 Å². The molecule has 0 saturated heterocycles. The molecule has 2 aliphatic rings. The normalized spacial score (nSPS) is 12.6. The SMILES string of the molecule is c1ccc(-n2c3ccccc3c3ccc(-c4cc(-c5ccc6c7ccccc7n(-c7ccccc7)c6c5)c5c6c4Oc4ccccc4B6c4ccccc4O5)cc32)cc1. The summed E-state index contributed by atoms with van der Waals surface area (Å²) in [6.07, 6.45) is 0. The van der Waals surface area contributed by atoms with E-state index in [0.29, 0.717) is 0 Å². The Labute approximate surface area is 340 Å². The number of benzene rings is 9. The molecule has 9 aromatic carbocycles. The summed E-state index contributed by atoms with van der Waals surface area (Å²) in [5.41, 5.74) is 14.4. The molecule has 0 bridgehead atoms. The fraction of sp³-hybridized carbons (Fsp3) is 0. The van der Waals surface area contributed by atoms with E-state index in [2.05, 4.69) is 209 Å². The second kappa shape index (κ2) is 12.4. The molecule has 0 N–H and O–H groups in total. The number of aromatic nitrogens is 2. The molecule has 274 valence electrons. The third-order valence-electron chi connectivity index (χ3n) is 12.4. The van der Waals surface area contributed by atoms with Crippen molar-refractivity contribution < 1.29 is 9.47 Å². The molecule has 0 atom stereocenters. The van der Waals surface area contributed by atoms with E-state index >= 15 is 0 Å². The maximum atomic E-state index is 7.10. The number of rotatable bonds is 4. The Balaban J connectivity index is 1.13. The first-order valence-electron chi connectivity index (χ1n) is 20.2. The van der Waals surface area contributed by atoms with E-state index in [0.717, 1.165) is 84.0 Å². The van der Waals surface area contributed by atoms with Crippen LogP contribution in [0, 0.1) is 0 Å². The van der Waals surface area contributed by atoms with Crippen LogP contribution in [0.15, 0.2) is 200 Å². The standard InChI is InChI=1S/C54H33BN2O2/c1-3-15-36(16-4-1)56-46-23-11-7-19-38(46)40-29-27-34(31-48(40)56)42-33-43(35-28-30-41-39-20-8-12-24-47(39)57(49(41)32-35)37-17-5-2-6-18-37)54-52-53(42)58-50-25-13-9-21-44(50)55(52)45-22-10-14-26-51(45)59-54/h1-33H. The van der Waals surface area contributed by atoms with Gasteiger partial charge in [0, 0.05) is 49.5 Å². The van der Waals surface area contributed by atoms with Crippen LogP contribution >= 0.6 is 0 Å². The molecule has 59 heavy (non-hydrogen) atoms. The van der Waals surface area contributed by atoms with Crippen molar-refractivity contribution in [3.63, 3.8) is 0 Å². The van der Waals surface area contributed by atoms with Crippen LogP contribution in [0.5, 0.6) is 23.0 Å². The molecule has 2 aliphatic heterocycles. The minimum atomic E-state index is -0.0763. The third kappa shape index (κ3) is 4.67. The fourth-order valence-electron chi connectivity index (χ4n) is 9.89. The lowest BCUT2D eigenvalue weighted by Gasteiger charge is -2.35. The first-order valence-corrected chi connectivity index (χ1v) is 20.2. The van der Waals surface area contributed by atoms with Crippen LogP contribution in [0.3, 0.4) is 0 Å². The van der Waals surface area contributed by atoms with Gasteiger partial charge < -0.3 is 18.6 Å². The van der Waals surface area contributed by atoms with Crippen molar-refractivity contribution in [3.05, 3.63) is 200 Å². The monoisotopic (exact) mass is 752 g/mol. The highest BCUT2D eigenvalue weighted by Crippen LogP contribution is 2.48. The van der Waals surface area contributed by atoms with Crippen molar-refractivity contribution >= 4 is 66.7 Å². The molecule has 0 spiro atoms. The van der Waals surface area contributed by atoms with Gasteiger partial charge >= 0.3 is 0 Å². The lowest BCUT2D eigenvalue weighted by molar-refractivity contribution is 0.467. The first-order chi connectivity index (χ1) is 29.3. The minimum Gasteiger partial charge on any atom is -0.458 e. The summed E-state index contributed by atoms with van der Waals surface area (Å²) in [6, 6.07) is 71.7. The van der Waals surface area contributed by atoms with Crippen molar-refractivity contribution in [2.24, 2.45) is 0 Å². The number of ether oxygens (including phenoxy) is 2. The van der Waals surface area contributed by atoms with Crippen molar-refractivity contribution in [1.29, 1.82) is 0 Å². The van der Waals surface area contributed by atoms with Gasteiger partial charge in [-0.05, 0) is 88.8 Å². The number of nitrogens with zero attached hydrogens (tertiary/aromatic N) is 2. The number of hydrogen-bond acceptors (Lipinski definition) is 2. The molecule has 0 fully saturated rings. The summed E-state index contributed by atoms with van der Waals surface area (Å²) in [6.45, 7) is -0.0763. The highest BCUT2D eigenvalue weighted by molar-refractivity contribution is 6.98. The quantitative estimate of drug-likeness (QED) is 0.168. The van der Waals surface area contributed by atoms with Crippen LogP contribution in [0.25, 0.3) is 77.2 Å². The molecule has 0 unspecified atom stereocenters. The van der Waals surface area contributed by atoms with Gasteiger partial charge in [-0.2, -0.15) is 0 Å². The summed E-state index contributed by atoms with van der Waals surface area (Å²) in [5, 5.41) is 4.87. The van der Waals surface area contributed by atoms with Gasteiger partial charge in [-0.15, -0.1) is 0 Å². The highest BCUT2D eigenvalue weighted by atomic mass is 16.5. The Morgan fingerprint density at radius 2 is 0.746 bits per heavy atom. The van der Waals surface area contributed by atoms with Gasteiger partial charge in [0.05, 0.1) is 22.1 Å². The molecular formula is C54H33BN2O2. The summed E-state index contributed by atoms with van der Waals surface area (Å²) in [4.78, 5) is 0. The first kappa shape index (κ1) is 32.3. The topological polar surface area (TPSA) is 28.3 Å². The molecule has 4 nitrogen and oxygen atoms in total. The molecule has 4 heterocycles. The molecule has 13 rings (SSSR count). The summed E-state index contributed by atoms with van der Waals surface area (Å²) >= 11 is 0. The maximum absolute atomic E-state index is 7.10. The largest absolute Gasteiger partial charge is 0.458 e. The number of para-hydroxylation sites is 6. The Morgan fingerprint density at radius 3 is 1.24 bits per heavy atom. The van der Waals surface area contributed by atoms with Gasteiger partial charge in [-0.25, -0.2) is 0 Å². The van der Waals surface area contributed by atoms with Crippen molar-refractivity contribution in [2.45, 2.75) is 0 Å². The van der Waals surface area contributed by atoms with E-state index in [1.807, 2.05) is 0 Å². The zero-order valence-corrected chi connectivity index (χ0v) is 31.8. The lowest BCUT2D eigenvalue weighted by atomic mass is 9.34. The molecule has 0 saturated carbocycles. The summed E-state index contributed by atoms with van der Waals surface area (Å²) in [7, 11) is 0. The Morgan fingerprint density at radius 1 is 0.339 bits per heavy atom. The molecule has 2 aromatic heterocycles. The van der Waals surface area contributed by atoms with Gasteiger partial charge in [0.1, 0.15) is 23.0 Å². The predicted molar refractivity (Wildman–Crippen MR) is 244 cm³/mol. The van der Waals surface area contributed by atoms with E-state index in [-0.39, 0.29) is 6.71 Å². The average Bonchev–Trinajstić information content (AvgIpc) is 3.81. The number of fused-ring (bicyclic) bond motifs is 10. The Bertz CT molecular complexity index is 3280. The predicted octanol–water partition coefficient (Wildman–Crippen LogP) is 11.9.